The predicted octanol–water partition coefficient (Wildman–Crippen LogP) is 20.2. The summed E-state index contributed by atoms with van der Waals surface area (Å²) in [5.41, 5.74) is -1.86. The van der Waals surface area contributed by atoms with Gasteiger partial charge in [0.2, 0.25) is 0 Å². The number of carbonyl (C=O) groups excluding carboxylic acids is 3. The van der Waals surface area contributed by atoms with Crippen LogP contribution in [0.1, 0.15) is 282 Å². The van der Waals surface area contributed by atoms with Crippen LogP contribution in [0, 0.1) is 33.5 Å². The molecule has 0 amide bonds. The molecule has 2 N–H and O–H groups in total. The summed E-state index contributed by atoms with van der Waals surface area (Å²) in [4.78, 5) is 54.3. The Morgan fingerprint density at radius 3 is 1.02 bits per heavy atom. The van der Waals surface area contributed by atoms with E-state index in [4.69, 9.17) is 69.9 Å². The van der Waals surface area contributed by atoms with Crippen molar-refractivity contribution in [2.24, 2.45) is 33.5 Å². The van der Waals surface area contributed by atoms with Crippen LogP contribution in [0.5, 0.6) is 0 Å². The number of carboxylic acid groups (broad SMARTS) is 2. The molecule has 21 nitrogen and oxygen atoms in total. The van der Waals surface area contributed by atoms with Gasteiger partial charge in [-0.2, -0.15) is 0 Å². The first kappa shape index (κ1) is 147. The average Bonchev–Trinajstić information content (AvgIpc) is 4.24. The van der Waals surface area contributed by atoms with E-state index < -0.39 is 51.8 Å². The Hall–Kier alpha value is -2.92. The van der Waals surface area contributed by atoms with Gasteiger partial charge in [-0.25, -0.2) is 4.79 Å². The molecule has 1 aliphatic rings. The molecule has 1 rings (SSSR count). The van der Waals surface area contributed by atoms with Gasteiger partial charge in [0.1, 0.15) is 18.9 Å². The van der Waals surface area contributed by atoms with Gasteiger partial charge in [-0.3, -0.25) is 19.2 Å². The molecule has 0 aromatic carbocycles. The SMILES string of the molecule is C.C.C.C.C.C.C.C.C.C.C.C.C.C.C.C=CC(=O)OCOCC(C)COC.CCC(C)(C)C(=O)O.CCC(C)(C)C(=O)O.CCC(C)(C)C(=O)OCC1CO1.CCO[Si](CCCOC(=O)C(C)(C)CC)(OCC)OCC.CCO[Si](COCC(C)COC)(OCC)OCC. The zero-order valence-electron chi connectivity index (χ0n) is 54.0. The van der Waals surface area contributed by atoms with E-state index in [1.54, 1.807) is 41.9 Å². The number of carboxylic acids is 2. The number of carbonyl (C=O) groups is 5. The predicted molar refractivity (Wildman–Crippen MR) is 415 cm³/mol. The molecule has 0 aliphatic carbocycles. The molecule has 1 aliphatic heterocycles. The van der Waals surface area contributed by atoms with Crippen molar-refractivity contribution in [3.63, 3.8) is 0 Å². The van der Waals surface area contributed by atoms with Crippen molar-refractivity contribution >= 4 is 47.5 Å². The highest BCUT2D eigenvalue weighted by molar-refractivity contribution is 6.61. The normalized spacial score (nSPS) is 11.7. The van der Waals surface area contributed by atoms with Gasteiger partial charge in [-0.1, -0.05) is 160 Å². The minimum Gasteiger partial charge on any atom is -0.481 e. The lowest BCUT2D eigenvalue weighted by molar-refractivity contribution is -0.155. The molecule has 3 atom stereocenters. The van der Waals surface area contributed by atoms with Crippen LogP contribution in [-0.4, -0.2) is 177 Å². The van der Waals surface area contributed by atoms with Crippen molar-refractivity contribution in [2.75, 3.05) is 113 Å². The van der Waals surface area contributed by atoms with Crippen molar-refractivity contribution in [2.45, 2.75) is 294 Å². The second-order valence-corrected chi connectivity index (χ2v) is 26.4. The minimum absolute atomic E-state index is 0. The Bertz CT molecular complexity index is 1520. The van der Waals surface area contributed by atoms with Crippen LogP contribution in [0.15, 0.2) is 12.7 Å². The van der Waals surface area contributed by atoms with E-state index >= 15 is 0 Å². The average molecular weight is 1430 g/mol. The molecule has 0 bridgehead atoms. The van der Waals surface area contributed by atoms with Gasteiger partial charge in [0, 0.05) is 77.8 Å². The van der Waals surface area contributed by atoms with Crippen LogP contribution >= 0.6 is 0 Å². The third-order valence-electron chi connectivity index (χ3n) is 12.1. The fraction of sp³-hybridized carbons (Fsp3) is 0.903. The number of ether oxygens (including phenoxy) is 8. The van der Waals surface area contributed by atoms with E-state index in [0.717, 1.165) is 25.5 Å². The van der Waals surface area contributed by atoms with Crippen LogP contribution in [-0.2, 0) is 88.4 Å². The van der Waals surface area contributed by atoms with Crippen molar-refractivity contribution in [3.05, 3.63) is 12.7 Å². The molecule has 3 unspecified atom stereocenters. The highest BCUT2D eigenvalue weighted by Gasteiger charge is 2.42. The van der Waals surface area contributed by atoms with Crippen molar-refractivity contribution in [1.29, 1.82) is 0 Å². The lowest BCUT2D eigenvalue weighted by Crippen LogP contribution is -2.51. The standard InChI is InChI=1S/C15H32O5Si.C12H28O5Si.C9H16O4.C9H16O3.2C6H12O2.15CH4/c1-7-15(5,6)14(16)17-12-11-13-21(18-8-2,19-9-3)20-10-4;1-6-15-18(16-7-2,17-8-3)11-14-10-12(4)9-13-5;1-4-9(10)13-7-12-6-8(2)5-11-3;1-4-9(2,3)8(10)12-6-7-5-11-7;2*1-4-6(2,3)5(7)8;;;;;;;;;;;;;;;/h7-13H2,1-6H3;12H,6-11H2,1-5H3;4,8H,1,5-7H2,2-3H3;7H,4-6H2,1-3H3;2*4H2,1-3H3,(H,7,8);15*1H4. The molecule has 0 radical (unpaired) electrons. The zero-order valence-corrected chi connectivity index (χ0v) is 56.0. The van der Waals surface area contributed by atoms with Crippen molar-refractivity contribution in [1.82, 2.24) is 0 Å². The van der Waals surface area contributed by atoms with Crippen molar-refractivity contribution < 1.29 is 98.6 Å². The number of hydrogen-bond donors (Lipinski definition) is 2. The first-order valence-corrected chi connectivity index (χ1v) is 32.3. The Morgan fingerprint density at radius 1 is 0.474 bits per heavy atom. The van der Waals surface area contributed by atoms with Gasteiger partial charge in [-0.15, -0.1) is 0 Å². The summed E-state index contributed by atoms with van der Waals surface area (Å²) in [6, 6.07) is 0.669. The Kier molecular flexibility index (Phi) is 132. The smallest absolute Gasteiger partial charge is 0.481 e. The Balaban J connectivity index is -0.0000000393. The largest absolute Gasteiger partial charge is 0.528 e. The van der Waals surface area contributed by atoms with Crippen molar-refractivity contribution in [3.8, 4) is 0 Å². The second-order valence-electron chi connectivity index (χ2n) is 21.1. The summed E-state index contributed by atoms with van der Waals surface area (Å²) in [5, 5.41) is 16.9. The topological polar surface area (TPSA) is 258 Å². The van der Waals surface area contributed by atoms with Crippen LogP contribution in [0.25, 0.3) is 0 Å². The Morgan fingerprint density at radius 2 is 0.768 bits per heavy atom. The van der Waals surface area contributed by atoms with Gasteiger partial charge in [0.25, 0.3) is 0 Å². The number of hydrogen-bond acceptors (Lipinski definition) is 19. The van der Waals surface area contributed by atoms with E-state index in [9.17, 15) is 24.0 Å². The van der Waals surface area contributed by atoms with E-state index in [1.807, 2.05) is 104 Å². The third-order valence-corrected chi connectivity index (χ3v) is 18.0. The summed E-state index contributed by atoms with van der Waals surface area (Å²) >= 11 is 0. The van der Waals surface area contributed by atoms with Gasteiger partial charge >= 0.3 is 47.5 Å². The quantitative estimate of drug-likeness (QED) is 0.0110. The maximum absolute atomic E-state index is 11.9. The molecular weight excluding hydrogens is 1260 g/mol. The number of rotatable bonds is 39. The summed E-state index contributed by atoms with van der Waals surface area (Å²) in [5.74, 6) is -1.54. The monoisotopic (exact) mass is 1430 g/mol. The summed E-state index contributed by atoms with van der Waals surface area (Å²) in [6.07, 6.45) is 5.29. The number of esters is 3. The summed E-state index contributed by atoms with van der Waals surface area (Å²) in [6.45, 7) is 48.5. The molecule has 23 heteroatoms. The summed E-state index contributed by atoms with van der Waals surface area (Å²) in [7, 11) is -1.94. The minimum atomic E-state index is -2.65. The molecule has 95 heavy (non-hydrogen) atoms. The molecule has 1 heterocycles. The molecule has 598 valence electrons. The molecule has 0 spiro atoms. The number of methoxy groups -OCH3 is 2. The maximum Gasteiger partial charge on any atom is 0.528 e. The Labute approximate surface area is 597 Å². The van der Waals surface area contributed by atoms with Crippen LogP contribution in [0.3, 0.4) is 0 Å². The molecule has 0 aromatic heterocycles. The fourth-order valence-electron chi connectivity index (χ4n) is 5.14. The fourth-order valence-corrected chi connectivity index (χ4v) is 9.90. The van der Waals surface area contributed by atoms with Crippen LogP contribution < -0.4 is 0 Å². The van der Waals surface area contributed by atoms with Gasteiger partial charge in [-0.05, 0) is 129 Å². The van der Waals surface area contributed by atoms with E-state index in [1.165, 1.54) is 0 Å². The van der Waals surface area contributed by atoms with Crippen LogP contribution in [0.4, 0.5) is 0 Å². The molecule has 0 aromatic rings. The second kappa shape index (κ2) is 85.3. The third kappa shape index (κ3) is 80.0. The lowest BCUT2D eigenvalue weighted by atomic mass is 9.91. The molecule has 1 fully saturated rings. The number of aliphatic carboxylic acids is 2. The maximum atomic E-state index is 11.9. The zero-order chi connectivity index (χ0) is 63.1. The molecular formula is C72H176O21Si2. The molecule has 1 saturated heterocycles. The number of epoxide rings is 1. The highest BCUT2D eigenvalue weighted by atomic mass is 28.4. The first-order valence-electron chi connectivity index (χ1n) is 28.5. The summed E-state index contributed by atoms with van der Waals surface area (Å²) < 4.78 is 75.0. The highest BCUT2D eigenvalue weighted by Crippen LogP contribution is 2.25. The first-order chi connectivity index (χ1) is 37.3. The van der Waals surface area contributed by atoms with E-state index in [-0.39, 0.29) is 142 Å². The molecule has 0 saturated carbocycles. The lowest BCUT2D eigenvalue weighted by Gasteiger charge is -2.28. The van der Waals surface area contributed by atoms with Gasteiger partial charge in [0.05, 0.1) is 61.3 Å². The van der Waals surface area contributed by atoms with Gasteiger partial charge < -0.3 is 74.7 Å². The van der Waals surface area contributed by atoms with E-state index in [2.05, 4.69) is 18.2 Å². The van der Waals surface area contributed by atoms with E-state index in [0.29, 0.717) is 123 Å². The van der Waals surface area contributed by atoms with Gasteiger partial charge in [0.15, 0.2) is 6.79 Å². The van der Waals surface area contributed by atoms with Crippen LogP contribution in [0.2, 0.25) is 6.04 Å².